The van der Waals surface area contributed by atoms with Gasteiger partial charge in [-0.25, -0.2) is 4.79 Å². The molecule has 1 saturated heterocycles. The number of rotatable bonds is 7. The van der Waals surface area contributed by atoms with Gasteiger partial charge >= 0.3 is 5.97 Å². The van der Waals surface area contributed by atoms with Crippen LogP contribution in [0.15, 0.2) is 42.7 Å². The molecule has 1 amide bonds. The molecule has 152 valence electrons. The Morgan fingerprint density at radius 2 is 1.97 bits per heavy atom. The lowest BCUT2D eigenvalue weighted by atomic mass is 10.1. The van der Waals surface area contributed by atoms with Crippen LogP contribution in [0.4, 0.5) is 11.4 Å². The van der Waals surface area contributed by atoms with Crippen molar-refractivity contribution in [3.05, 3.63) is 64.0 Å². The number of nitro groups is 1. The Hall–Kier alpha value is -3.49. The standard InChI is InChI=1S/C20H22N4O5/c25-19(16-5-4-8-21-14-16)22-9-12-29-20(26)15-6-7-17(18(13-15)24(27)28)23-10-2-1-3-11-23/h4-8,13-14H,1-3,9-12H2,(H,22,25). The van der Waals surface area contributed by atoms with Gasteiger partial charge < -0.3 is 15.0 Å². The molecule has 0 saturated carbocycles. The maximum absolute atomic E-state index is 12.2. The van der Waals surface area contributed by atoms with E-state index >= 15 is 0 Å². The number of hydrogen-bond acceptors (Lipinski definition) is 7. The molecule has 3 rings (SSSR count). The van der Waals surface area contributed by atoms with Crippen molar-refractivity contribution in [1.82, 2.24) is 10.3 Å². The largest absolute Gasteiger partial charge is 0.460 e. The molecule has 1 aromatic carbocycles. The van der Waals surface area contributed by atoms with E-state index in [1.54, 1.807) is 24.4 Å². The van der Waals surface area contributed by atoms with Crippen molar-refractivity contribution < 1.29 is 19.2 Å². The molecule has 1 fully saturated rings. The lowest BCUT2D eigenvalue weighted by molar-refractivity contribution is -0.384. The molecule has 29 heavy (non-hydrogen) atoms. The topological polar surface area (TPSA) is 115 Å². The third kappa shape index (κ3) is 5.28. The molecule has 0 bridgehead atoms. The zero-order chi connectivity index (χ0) is 20.6. The van der Waals surface area contributed by atoms with Crippen molar-refractivity contribution in [3.63, 3.8) is 0 Å². The molecular formula is C20H22N4O5. The van der Waals surface area contributed by atoms with Crippen molar-refractivity contribution in [2.45, 2.75) is 19.3 Å². The van der Waals surface area contributed by atoms with Gasteiger partial charge in [0.2, 0.25) is 0 Å². The molecule has 0 radical (unpaired) electrons. The van der Waals surface area contributed by atoms with Crippen molar-refractivity contribution in [1.29, 1.82) is 0 Å². The molecule has 1 aliphatic rings. The number of carbonyl (C=O) groups excluding carboxylic acids is 2. The van der Waals surface area contributed by atoms with E-state index in [1.165, 1.54) is 18.3 Å². The first kappa shape index (κ1) is 20.2. The van der Waals surface area contributed by atoms with Gasteiger partial charge in [0, 0.05) is 31.5 Å². The number of benzene rings is 1. The molecule has 0 spiro atoms. The summed E-state index contributed by atoms with van der Waals surface area (Å²) in [5.74, 6) is -0.996. The van der Waals surface area contributed by atoms with E-state index in [0.29, 0.717) is 11.3 Å². The second kappa shape index (κ2) is 9.63. The molecule has 1 aromatic heterocycles. The number of piperidine rings is 1. The summed E-state index contributed by atoms with van der Waals surface area (Å²) in [7, 11) is 0. The zero-order valence-corrected chi connectivity index (χ0v) is 15.9. The van der Waals surface area contributed by atoms with Crippen LogP contribution in [0.25, 0.3) is 0 Å². The molecule has 0 unspecified atom stereocenters. The van der Waals surface area contributed by atoms with E-state index in [0.717, 1.165) is 32.4 Å². The Morgan fingerprint density at radius 1 is 1.17 bits per heavy atom. The fourth-order valence-electron chi connectivity index (χ4n) is 3.19. The predicted molar refractivity (Wildman–Crippen MR) is 106 cm³/mol. The zero-order valence-electron chi connectivity index (χ0n) is 15.9. The average molecular weight is 398 g/mol. The van der Waals surface area contributed by atoms with Crippen molar-refractivity contribution in [3.8, 4) is 0 Å². The van der Waals surface area contributed by atoms with Crippen LogP contribution in [0.5, 0.6) is 0 Å². The molecule has 2 heterocycles. The van der Waals surface area contributed by atoms with Gasteiger partial charge in [-0.1, -0.05) is 0 Å². The summed E-state index contributed by atoms with van der Waals surface area (Å²) in [4.78, 5) is 41.0. The number of nitro benzene ring substituents is 1. The number of anilines is 1. The molecule has 0 aliphatic carbocycles. The fraction of sp³-hybridized carbons (Fsp3) is 0.350. The minimum Gasteiger partial charge on any atom is -0.460 e. The number of carbonyl (C=O) groups is 2. The Labute approximate surface area is 167 Å². The van der Waals surface area contributed by atoms with Crippen LogP contribution < -0.4 is 10.2 Å². The highest BCUT2D eigenvalue weighted by Crippen LogP contribution is 2.31. The Bertz CT molecular complexity index is 882. The van der Waals surface area contributed by atoms with Crippen LogP contribution in [0.1, 0.15) is 40.0 Å². The monoisotopic (exact) mass is 398 g/mol. The lowest BCUT2D eigenvalue weighted by Crippen LogP contribution is -2.30. The minimum absolute atomic E-state index is 0.0491. The smallest absolute Gasteiger partial charge is 0.338 e. The number of aromatic nitrogens is 1. The number of nitrogens with zero attached hydrogens (tertiary/aromatic N) is 3. The molecule has 1 aliphatic heterocycles. The molecule has 1 N–H and O–H groups in total. The maximum Gasteiger partial charge on any atom is 0.338 e. The second-order valence-electron chi connectivity index (χ2n) is 6.64. The number of esters is 1. The van der Waals surface area contributed by atoms with E-state index in [9.17, 15) is 19.7 Å². The van der Waals surface area contributed by atoms with Gasteiger partial charge in [0.05, 0.1) is 22.6 Å². The first-order chi connectivity index (χ1) is 14.1. The van der Waals surface area contributed by atoms with Gasteiger partial charge in [-0.2, -0.15) is 0 Å². The molecule has 2 aromatic rings. The van der Waals surface area contributed by atoms with Crippen LogP contribution >= 0.6 is 0 Å². The average Bonchev–Trinajstić information content (AvgIpc) is 2.77. The van der Waals surface area contributed by atoms with Gasteiger partial charge in [0.25, 0.3) is 11.6 Å². The van der Waals surface area contributed by atoms with Crippen molar-refractivity contribution in [2.75, 3.05) is 31.1 Å². The molecular weight excluding hydrogens is 376 g/mol. The quantitative estimate of drug-likeness (QED) is 0.330. The summed E-state index contributed by atoms with van der Waals surface area (Å²) in [6.45, 7) is 1.60. The SMILES string of the molecule is O=C(NCCOC(=O)c1ccc(N2CCCCC2)c([N+](=O)[O-])c1)c1cccnc1. The fourth-order valence-corrected chi connectivity index (χ4v) is 3.19. The number of ether oxygens (including phenoxy) is 1. The predicted octanol–water partition coefficient (Wildman–Crippen LogP) is 2.57. The van der Waals surface area contributed by atoms with Crippen molar-refractivity contribution >= 4 is 23.3 Å². The summed E-state index contributed by atoms with van der Waals surface area (Å²) < 4.78 is 5.13. The van der Waals surface area contributed by atoms with Crippen LogP contribution in [-0.4, -0.2) is 48.0 Å². The first-order valence-corrected chi connectivity index (χ1v) is 9.45. The highest BCUT2D eigenvalue weighted by atomic mass is 16.6. The normalized spacial score (nSPS) is 13.6. The van der Waals surface area contributed by atoms with E-state index in [-0.39, 0.29) is 30.3 Å². The Balaban J connectivity index is 1.57. The highest BCUT2D eigenvalue weighted by Gasteiger charge is 2.23. The van der Waals surface area contributed by atoms with E-state index in [4.69, 9.17) is 4.74 Å². The molecule has 0 atom stereocenters. The summed E-state index contributed by atoms with van der Waals surface area (Å²) >= 11 is 0. The number of amides is 1. The maximum atomic E-state index is 12.2. The summed E-state index contributed by atoms with van der Waals surface area (Å²) in [6.07, 6.45) is 6.10. The number of pyridine rings is 1. The highest BCUT2D eigenvalue weighted by molar-refractivity contribution is 5.94. The van der Waals surface area contributed by atoms with Crippen LogP contribution in [0.2, 0.25) is 0 Å². The van der Waals surface area contributed by atoms with Gasteiger partial charge in [-0.3, -0.25) is 19.9 Å². The summed E-state index contributed by atoms with van der Waals surface area (Å²) in [5.41, 5.74) is 0.931. The second-order valence-corrected chi connectivity index (χ2v) is 6.64. The van der Waals surface area contributed by atoms with Crippen LogP contribution in [0, 0.1) is 10.1 Å². The number of nitrogens with one attached hydrogen (secondary N) is 1. The minimum atomic E-state index is -0.672. The third-order valence-corrected chi connectivity index (χ3v) is 4.65. The van der Waals surface area contributed by atoms with Gasteiger partial charge in [0.15, 0.2) is 0 Å². The summed E-state index contributed by atoms with van der Waals surface area (Å²) in [6, 6.07) is 7.66. The van der Waals surface area contributed by atoms with Gasteiger partial charge in [-0.15, -0.1) is 0 Å². The van der Waals surface area contributed by atoms with Crippen LogP contribution in [0.3, 0.4) is 0 Å². The summed E-state index contributed by atoms with van der Waals surface area (Å²) in [5, 5.41) is 14.1. The van der Waals surface area contributed by atoms with Crippen molar-refractivity contribution in [2.24, 2.45) is 0 Å². The first-order valence-electron chi connectivity index (χ1n) is 9.45. The van der Waals surface area contributed by atoms with Crippen LogP contribution in [-0.2, 0) is 4.74 Å². The Kier molecular flexibility index (Phi) is 6.72. The molecule has 9 heteroatoms. The third-order valence-electron chi connectivity index (χ3n) is 4.65. The van der Waals surface area contributed by atoms with Gasteiger partial charge in [-0.05, 0) is 43.5 Å². The number of hydrogen-bond donors (Lipinski definition) is 1. The van der Waals surface area contributed by atoms with E-state index < -0.39 is 10.9 Å². The van der Waals surface area contributed by atoms with Gasteiger partial charge in [0.1, 0.15) is 12.3 Å². The lowest BCUT2D eigenvalue weighted by Gasteiger charge is -2.28. The van der Waals surface area contributed by atoms with E-state index in [2.05, 4.69) is 10.3 Å². The Morgan fingerprint density at radius 3 is 2.66 bits per heavy atom. The van der Waals surface area contributed by atoms with E-state index in [1.807, 2.05) is 4.90 Å². The molecule has 9 nitrogen and oxygen atoms in total.